The molecule has 29 heavy (non-hydrogen) atoms. The molecule has 3 amide bonds. The molecular weight excluding hydrogens is 364 g/mol. The third-order valence-electron chi connectivity index (χ3n) is 6.17. The Hall–Kier alpha value is -2.08. The van der Waals surface area contributed by atoms with E-state index in [1.165, 1.54) is 30.4 Å². The first-order valence-corrected chi connectivity index (χ1v) is 11.2. The maximum absolute atomic E-state index is 12.5. The summed E-state index contributed by atoms with van der Waals surface area (Å²) in [6, 6.07) is 8.73. The number of nitrogens with zero attached hydrogens (tertiary/aromatic N) is 2. The van der Waals surface area contributed by atoms with E-state index >= 15 is 0 Å². The highest BCUT2D eigenvalue weighted by atomic mass is 16.2. The van der Waals surface area contributed by atoms with E-state index < -0.39 is 0 Å². The summed E-state index contributed by atoms with van der Waals surface area (Å²) in [7, 11) is 0. The molecule has 1 aromatic rings. The fourth-order valence-corrected chi connectivity index (χ4v) is 4.27. The van der Waals surface area contributed by atoms with Gasteiger partial charge in [-0.2, -0.15) is 0 Å². The molecular formula is C23H36N4O2. The van der Waals surface area contributed by atoms with E-state index in [1.54, 1.807) is 0 Å². The van der Waals surface area contributed by atoms with Crippen LogP contribution in [0.2, 0.25) is 0 Å². The van der Waals surface area contributed by atoms with E-state index in [4.69, 9.17) is 0 Å². The molecule has 1 saturated heterocycles. The summed E-state index contributed by atoms with van der Waals surface area (Å²) in [6.07, 6.45) is 7.06. The van der Waals surface area contributed by atoms with E-state index in [9.17, 15) is 9.59 Å². The van der Waals surface area contributed by atoms with Crippen molar-refractivity contribution < 1.29 is 9.59 Å². The molecule has 3 rings (SSSR count). The van der Waals surface area contributed by atoms with Crippen LogP contribution in [0.15, 0.2) is 24.3 Å². The zero-order valence-electron chi connectivity index (χ0n) is 17.8. The van der Waals surface area contributed by atoms with Gasteiger partial charge in [0.05, 0.1) is 0 Å². The molecule has 6 heteroatoms. The van der Waals surface area contributed by atoms with Gasteiger partial charge in [0.1, 0.15) is 0 Å². The van der Waals surface area contributed by atoms with Crippen molar-refractivity contribution in [1.29, 1.82) is 0 Å². The molecule has 0 unspecified atom stereocenters. The van der Waals surface area contributed by atoms with Crippen LogP contribution >= 0.6 is 0 Å². The van der Waals surface area contributed by atoms with Gasteiger partial charge in [0.2, 0.25) is 5.91 Å². The Kier molecular flexibility index (Phi) is 8.35. The zero-order valence-corrected chi connectivity index (χ0v) is 17.8. The minimum atomic E-state index is -0.0887. The Bertz CT molecular complexity index is 665. The highest BCUT2D eigenvalue weighted by Gasteiger charge is 2.21. The normalized spacial score (nSPS) is 18.4. The third-order valence-corrected chi connectivity index (χ3v) is 6.17. The van der Waals surface area contributed by atoms with Gasteiger partial charge < -0.3 is 15.5 Å². The Morgan fingerprint density at radius 3 is 2.48 bits per heavy atom. The summed E-state index contributed by atoms with van der Waals surface area (Å²) < 4.78 is 0. The average molecular weight is 401 g/mol. The van der Waals surface area contributed by atoms with Crippen LogP contribution in [-0.4, -0.2) is 60.5 Å². The lowest BCUT2D eigenvalue weighted by Gasteiger charge is -2.35. The highest BCUT2D eigenvalue weighted by Crippen LogP contribution is 2.17. The molecule has 1 aliphatic heterocycles. The number of amides is 3. The van der Waals surface area contributed by atoms with Crippen molar-refractivity contribution in [2.45, 2.75) is 64.5 Å². The molecule has 160 valence electrons. The van der Waals surface area contributed by atoms with Gasteiger partial charge in [-0.1, -0.05) is 43.5 Å². The Morgan fingerprint density at radius 1 is 1.03 bits per heavy atom. The molecule has 2 aliphatic rings. The minimum Gasteiger partial charge on any atom is -0.340 e. The molecule has 1 aliphatic carbocycles. The second-order valence-corrected chi connectivity index (χ2v) is 8.42. The van der Waals surface area contributed by atoms with Gasteiger partial charge in [-0.05, 0) is 37.3 Å². The molecule has 2 N–H and O–H groups in total. The van der Waals surface area contributed by atoms with Gasteiger partial charge in [-0.25, -0.2) is 4.79 Å². The number of nitrogens with one attached hydrogen (secondary N) is 2. The molecule has 0 spiro atoms. The van der Waals surface area contributed by atoms with Crippen LogP contribution in [-0.2, 0) is 11.3 Å². The van der Waals surface area contributed by atoms with E-state index in [0.717, 1.165) is 45.6 Å². The molecule has 1 heterocycles. The summed E-state index contributed by atoms with van der Waals surface area (Å²) in [5.41, 5.74) is 2.69. The lowest BCUT2D eigenvalue weighted by atomic mass is 9.96. The van der Waals surface area contributed by atoms with Crippen LogP contribution < -0.4 is 10.6 Å². The van der Waals surface area contributed by atoms with Crippen molar-refractivity contribution in [3.05, 3.63) is 35.4 Å². The van der Waals surface area contributed by atoms with Crippen molar-refractivity contribution >= 4 is 11.9 Å². The summed E-state index contributed by atoms with van der Waals surface area (Å²) in [5, 5.41) is 5.95. The van der Waals surface area contributed by atoms with Crippen LogP contribution in [0.1, 0.15) is 56.1 Å². The van der Waals surface area contributed by atoms with Gasteiger partial charge in [-0.15, -0.1) is 0 Å². The number of hydrogen-bond acceptors (Lipinski definition) is 3. The summed E-state index contributed by atoms with van der Waals surface area (Å²) in [4.78, 5) is 28.8. The first-order valence-electron chi connectivity index (χ1n) is 11.2. The number of piperazine rings is 1. The van der Waals surface area contributed by atoms with Crippen LogP contribution in [0, 0.1) is 6.92 Å². The van der Waals surface area contributed by atoms with Crippen LogP contribution in [0.3, 0.4) is 0 Å². The minimum absolute atomic E-state index is 0.0887. The standard InChI is InChI=1S/C23H36N4O2/c1-19-8-5-6-9-20(19)18-26-14-16-27(17-15-26)22(28)12-7-13-24-23(29)25-21-10-3-2-4-11-21/h5-6,8-9,21H,2-4,7,10-18H2,1H3,(H2,24,25,29). The van der Waals surface area contributed by atoms with E-state index in [0.29, 0.717) is 25.4 Å². The summed E-state index contributed by atoms with van der Waals surface area (Å²) in [5.74, 6) is 0.204. The van der Waals surface area contributed by atoms with Crippen molar-refractivity contribution in [2.75, 3.05) is 32.7 Å². The van der Waals surface area contributed by atoms with Gasteiger partial charge in [0.15, 0.2) is 0 Å². The second-order valence-electron chi connectivity index (χ2n) is 8.42. The van der Waals surface area contributed by atoms with E-state index in [2.05, 4.69) is 46.7 Å². The van der Waals surface area contributed by atoms with Gasteiger partial charge in [0.25, 0.3) is 0 Å². The Labute approximate surface area is 175 Å². The topological polar surface area (TPSA) is 64.7 Å². The van der Waals surface area contributed by atoms with Gasteiger partial charge >= 0.3 is 6.03 Å². The average Bonchev–Trinajstić information content (AvgIpc) is 2.74. The predicted octanol–water partition coefficient (Wildman–Crippen LogP) is 3.05. The summed E-state index contributed by atoms with van der Waals surface area (Å²) >= 11 is 0. The monoisotopic (exact) mass is 400 g/mol. The SMILES string of the molecule is Cc1ccccc1CN1CCN(C(=O)CCCNC(=O)NC2CCCCC2)CC1. The van der Waals surface area contributed by atoms with Crippen molar-refractivity contribution in [3.63, 3.8) is 0 Å². The zero-order chi connectivity index (χ0) is 20.5. The Balaban J connectivity index is 1.28. The van der Waals surface area contributed by atoms with Crippen LogP contribution in [0.25, 0.3) is 0 Å². The first kappa shape index (κ1) is 21.6. The Morgan fingerprint density at radius 2 is 1.76 bits per heavy atom. The molecule has 0 atom stereocenters. The van der Waals surface area contributed by atoms with Gasteiger partial charge in [-0.3, -0.25) is 9.69 Å². The van der Waals surface area contributed by atoms with Crippen LogP contribution in [0.5, 0.6) is 0 Å². The molecule has 6 nitrogen and oxygen atoms in total. The summed E-state index contributed by atoms with van der Waals surface area (Å²) in [6.45, 7) is 7.08. The number of rotatable bonds is 7. The molecule has 0 radical (unpaired) electrons. The third kappa shape index (κ3) is 7.03. The lowest BCUT2D eigenvalue weighted by molar-refractivity contribution is -0.133. The fraction of sp³-hybridized carbons (Fsp3) is 0.652. The largest absolute Gasteiger partial charge is 0.340 e. The number of aryl methyl sites for hydroxylation is 1. The van der Waals surface area contributed by atoms with E-state index in [1.807, 2.05) is 4.90 Å². The molecule has 1 aromatic carbocycles. The number of hydrogen-bond donors (Lipinski definition) is 2. The van der Waals surface area contributed by atoms with Crippen LogP contribution in [0.4, 0.5) is 4.79 Å². The van der Waals surface area contributed by atoms with Crippen molar-refractivity contribution in [1.82, 2.24) is 20.4 Å². The molecule has 2 fully saturated rings. The predicted molar refractivity (Wildman–Crippen MR) is 116 cm³/mol. The number of urea groups is 1. The second kappa shape index (κ2) is 11.2. The molecule has 0 bridgehead atoms. The van der Waals surface area contributed by atoms with Crippen molar-refractivity contribution in [3.8, 4) is 0 Å². The highest BCUT2D eigenvalue weighted by molar-refractivity contribution is 5.76. The maximum Gasteiger partial charge on any atom is 0.315 e. The first-order chi connectivity index (χ1) is 14.1. The molecule has 1 saturated carbocycles. The fourth-order valence-electron chi connectivity index (χ4n) is 4.27. The van der Waals surface area contributed by atoms with E-state index in [-0.39, 0.29) is 11.9 Å². The smallest absolute Gasteiger partial charge is 0.315 e. The quantitative estimate of drug-likeness (QED) is 0.692. The van der Waals surface area contributed by atoms with Gasteiger partial charge in [0, 0.05) is 51.7 Å². The molecule has 0 aromatic heterocycles. The maximum atomic E-state index is 12.5. The number of carbonyl (C=O) groups excluding carboxylic acids is 2. The van der Waals surface area contributed by atoms with Crippen molar-refractivity contribution in [2.24, 2.45) is 0 Å². The number of carbonyl (C=O) groups is 2. The lowest BCUT2D eigenvalue weighted by Crippen LogP contribution is -2.48. The number of benzene rings is 1.